The highest BCUT2D eigenvalue weighted by Gasteiger charge is 2.47. The molecule has 2 fully saturated rings. The number of esters is 2. The number of ether oxygens (including phenoxy) is 6. The van der Waals surface area contributed by atoms with Crippen molar-refractivity contribution in [2.45, 2.75) is 178 Å². The van der Waals surface area contributed by atoms with Crippen LogP contribution in [0.25, 0.3) is 0 Å². The first-order valence-corrected chi connectivity index (χ1v) is 18.8. The van der Waals surface area contributed by atoms with E-state index < -0.39 is 92.7 Å². The van der Waals surface area contributed by atoms with E-state index in [1.165, 1.54) is 32.1 Å². The lowest BCUT2D eigenvalue weighted by molar-refractivity contribution is -0.332. The average molecular weight is 737 g/mol. The summed E-state index contributed by atoms with van der Waals surface area (Å²) in [5.41, 5.74) is 0. The molecule has 15 nitrogen and oxygen atoms in total. The Morgan fingerprint density at radius 2 is 1.16 bits per heavy atom. The molecule has 0 aromatic heterocycles. The summed E-state index contributed by atoms with van der Waals surface area (Å²) in [5, 5.41) is 71.1. The molecule has 15 heteroatoms. The van der Waals surface area contributed by atoms with Gasteiger partial charge in [0, 0.05) is 12.8 Å². The second-order valence-corrected chi connectivity index (χ2v) is 13.4. The minimum Gasteiger partial charge on any atom is -0.462 e. The van der Waals surface area contributed by atoms with Gasteiger partial charge in [-0.05, 0) is 38.5 Å². The fraction of sp³-hybridized carbons (Fsp3) is 0.889. The third kappa shape index (κ3) is 16.8. The summed E-state index contributed by atoms with van der Waals surface area (Å²) in [6.07, 6.45) is 1.81. The SMILES string of the molecule is CCCCCCC/C=C\CCCCCCCC(=O)OC(COC(=O)CCC)COC1OC(COC2OC(CO)C(O)C(O)C2O)C(O)C(O)C1O. The molecule has 0 aromatic carbocycles. The number of carbonyl (C=O) groups excluding carboxylic acids is 2. The van der Waals surface area contributed by atoms with E-state index >= 15 is 0 Å². The fourth-order valence-corrected chi connectivity index (χ4v) is 5.78. The lowest BCUT2D eigenvalue weighted by Gasteiger charge is -2.42. The van der Waals surface area contributed by atoms with E-state index in [0.717, 1.165) is 38.5 Å². The number of hydrogen-bond acceptors (Lipinski definition) is 15. The van der Waals surface area contributed by atoms with E-state index in [0.29, 0.717) is 12.8 Å². The summed E-state index contributed by atoms with van der Waals surface area (Å²) in [6, 6.07) is 0. The van der Waals surface area contributed by atoms with Gasteiger partial charge in [0.05, 0.1) is 19.8 Å². The molecule has 0 aliphatic carbocycles. The van der Waals surface area contributed by atoms with Crippen molar-refractivity contribution in [2.24, 2.45) is 0 Å². The molecule has 0 amide bonds. The molecule has 0 saturated carbocycles. The molecule has 11 atom stereocenters. The quantitative estimate of drug-likeness (QED) is 0.0379. The fourth-order valence-electron chi connectivity index (χ4n) is 5.78. The first-order valence-electron chi connectivity index (χ1n) is 18.8. The maximum Gasteiger partial charge on any atom is 0.306 e. The van der Waals surface area contributed by atoms with Gasteiger partial charge in [0.2, 0.25) is 0 Å². The number of unbranched alkanes of at least 4 members (excludes halogenated alkanes) is 10. The maximum absolute atomic E-state index is 12.7. The second kappa shape index (κ2) is 26.1. The summed E-state index contributed by atoms with van der Waals surface area (Å²) >= 11 is 0. The van der Waals surface area contributed by atoms with Gasteiger partial charge in [-0.1, -0.05) is 70.9 Å². The van der Waals surface area contributed by atoms with Gasteiger partial charge in [-0.15, -0.1) is 0 Å². The second-order valence-electron chi connectivity index (χ2n) is 13.4. The summed E-state index contributed by atoms with van der Waals surface area (Å²) in [7, 11) is 0. The van der Waals surface area contributed by atoms with E-state index in [9.17, 15) is 45.3 Å². The Labute approximate surface area is 301 Å². The molecule has 2 aliphatic rings. The Kier molecular flexibility index (Phi) is 23.2. The molecule has 2 rings (SSSR count). The van der Waals surface area contributed by atoms with Crippen LogP contribution in [-0.4, -0.2) is 142 Å². The summed E-state index contributed by atoms with van der Waals surface area (Å²) in [5.74, 6) is -0.998. The van der Waals surface area contributed by atoms with Crippen molar-refractivity contribution in [2.75, 3.05) is 26.4 Å². The molecule has 2 aliphatic heterocycles. The molecular formula is C36H64O15. The van der Waals surface area contributed by atoms with Crippen LogP contribution in [-0.2, 0) is 38.0 Å². The molecule has 2 heterocycles. The molecular weight excluding hydrogens is 672 g/mol. The first-order chi connectivity index (χ1) is 24.5. The van der Waals surface area contributed by atoms with Gasteiger partial charge in [0.25, 0.3) is 0 Å². The molecule has 0 radical (unpaired) electrons. The minimum atomic E-state index is -1.76. The van der Waals surface area contributed by atoms with Crippen molar-refractivity contribution in [3.8, 4) is 0 Å². The van der Waals surface area contributed by atoms with E-state index in [4.69, 9.17) is 28.4 Å². The highest BCUT2D eigenvalue weighted by Crippen LogP contribution is 2.26. The van der Waals surface area contributed by atoms with E-state index in [1.54, 1.807) is 0 Å². The molecule has 11 unspecified atom stereocenters. The Morgan fingerprint density at radius 3 is 1.76 bits per heavy atom. The van der Waals surface area contributed by atoms with Gasteiger partial charge in [-0.25, -0.2) is 0 Å². The van der Waals surface area contributed by atoms with Crippen LogP contribution in [0.4, 0.5) is 0 Å². The summed E-state index contributed by atoms with van der Waals surface area (Å²) in [6.45, 7) is 2.13. The van der Waals surface area contributed by atoms with Crippen LogP contribution < -0.4 is 0 Å². The number of rotatable bonds is 26. The highest BCUT2D eigenvalue weighted by molar-refractivity contribution is 5.70. The van der Waals surface area contributed by atoms with Gasteiger partial charge >= 0.3 is 11.9 Å². The normalized spacial score (nSPS) is 30.4. The average Bonchev–Trinajstić information content (AvgIpc) is 3.11. The molecule has 2 saturated heterocycles. The van der Waals surface area contributed by atoms with Gasteiger partial charge in [0.15, 0.2) is 18.7 Å². The zero-order valence-corrected chi connectivity index (χ0v) is 30.3. The van der Waals surface area contributed by atoms with Gasteiger partial charge in [-0.2, -0.15) is 0 Å². The van der Waals surface area contributed by atoms with Crippen molar-refractivity contribution < 1.29 is 73.8 Å². The number of aliphatic hydroxyl groups is 7. The Hall–Kier alpha value is -1.76. The molecule has 0 aromatic rings. The molecule has 0 bridgehead atoms. The molecule has 298 valence electrons. The van der Waals surface area contributed by atoms with E-state index in [1.807, 2.05) is 6.92 Å². The Bertz CT molecular complexity index is 965. The molecule has 0 spiro atoms. The smallest absolute Gasteiger partial charge is 0.306 e. The Balaban J connectivity index is 1.81. The largest absolute Gasteiger partial charge is 0.462 e. The monoisotopic (exact) mass is 736 g/mol. The van der Waals surface area contributed by atoms with Crippen LogP contribution in [0, 0.1) is 0 Å². The lowest BCUT2D eigenvalue weighted by Crippen LogP contribution is -2.61. The van der Waals surface area contributed by atoms with Crippen LogP contribution >= 0.6 is 0 Å². The summed E-state index contributed by atoms with van der Waals surface area (Å²) in [4.78, 5) is 24.7. The standard InChI is InChI=1S/C36H64O15/c1-3-5-6-7-8-9-10-11-12-13-14-15-16-17-19-28(39)49-24(21-46-27(38)18-4-2)22-47-35-34(45)32(43)30(41)26(51-35)23-48-36-33(44)31(42)29(40)25(20-37)50-36/h10-11,24-26,29-37,40-45H,3-9,12-23H2,1-2H3/b11-10-. The maximum atomic E-state index is 12.7. The zero-order chi connectivity index (χ0) is 37.6. The Morgan fingerprint density at radius 1 is 0.608 bits per heavy atom. The first kappa shape index (κ1) is 45.4. The van der Waals surface area contributed by atoms with Crippen LogP contribution in [0.5, 0.6) is 0 Å². The van der Waals surface area contributed by atoms with Gasteiger partial charge < -0.3 is 64.2 Å². The number of hydrogen-bond donors (Lipinski definition) is 7. The van der Waals surface area contributed by atoms with Crippen LogP contribution in [0.15, 0.2) is 12.2 Å². The molecule has 51 heavy (non-hydrogen) atoms. The number of aliphatic hydroxyl groups excluding tert-OH is 7. The number of carbonyl (C=O) groups is 2. The minimum absolute atomic E-state index is 0.155. The predicted molar refractivity (Wildman–Crippen MR) is 183 cm³/mol. The lowest BCUT2D eigenvalue weighted by atomic mass is 9.98. The van der Waals surface area contributed by atoms with E-state index in [-0.39, 0.29) is 26.1 Å². The van der Waals surface area contributed by atoms with Crippen molar-refractivity contribution in [1.29, 1.82) is 0 Å². The topological polar surface area (TPSA) is 231 Å². The third-order valence-corrected chi connectivity index (χ3v) is 8.96. The van der Waals surface area contributed by atoms with Gasteiger partial charge in [0.1, 0.15) is 55.4 Å². The third-order valence-electron chi connectivity index (χ3n) is 8.96. The van der Waals surface area contributed by atoms with Crippen molar-refractivity contribution in [3.05, 3.63) is 12.2 Å². The van der Waals surface area contributed by atoms with E-state index in [2.05, 4.69) is 19.1 Å². The molecule has 7 N–H and O–H groups in total. The van der Waals surface area contributed by atoms with Crippen LogP contribution in [0.3, 0.4) is 0 Å². The predicted octanol–water partition coefficient (Wildman–Crippen LogP) is 1.53. The van der Waals surface area contributed by atoms with Gasteiger partial charge in [-0.3, -0.25) is 9.59 Å². The highest BCUT2D eigenvalue weighted by atomic mass is 16.7. The van der Waals surface area contributed by atoms with Crippen molar-refractivity contribution in [3.63, 3.8) is 0 Å². The van der Waals surface area contributed by atoms with Crippen molar-refractivity contribution >= 4 is 11.9 Å². The van der Waals surface area contributed by atoms with Crippen LogP contribution in [0.2, 0.25) is 0 Å². The van der Waals surface area contributed by atoms with Crippen LogP contribution in [0.1, 0.15) is 110 Å². The van der Waals surface area contributed by atoms with Crippen molar-refractivity contribution in [1.82, 2.24) is 0 Å². The summed E-state index contributed by atoms with van der Waals surface area (Å²) < 4.78 is 32.8. The zero-order valence-electron chi connectivity index (χ0n) is 30.3. The number of allylic oxidation sites excluding steroid dienone is 2.